The van der Waals surface area contributed by atoms with E-state index >= 15 is 0 Å². The van der Waals surface area contributed by atoms with Crippen molar-refractivity contribution in [3.63, 3.8) is 0 Å². The molecule has 0 spiro atoms. The Kier molecular flexibility index (Phi) is 5.55. The molecule has 1 aromatic rings. The first-order chi connectivity index (χ1) is 9.25. The van der Waals surface area contributed by atoms with E-state index in [9.17, 15) is 5.11 Å². The third-order valence-corrected chi connectivity index (χ3v) is 4.96. The molecule has 1 aromatic carbocycles. The van der Waals surface area contributed by atoms with Gasteiger partial charge < -0.3 is 10.0 Å². The molecule has 1 heterocycles. The number of aromatic hydroxyl groups is 1. The lowest BCUT2D eigenvalue weighted by Crippen LogP contribution is -2.19. The van der Waals surface area contributed by atoms with Crippen molar-refractivity contribution in [1.82, 2.24) is 0 Å². The van der Waals surface area contributed by atoms with Gasteiger partial charge >= 0.3 is 0 Å². The topological polar surface area (TPSA) is 35.8 Å². The maximum absolute atomic E-state index is 10.3. The van der Waals surface area contributed by atoms with Gasteiger partial charge in [-0.1, -0.05) is 19.3 Å². The zero-order valence-corrected chi connectivity index (χ0v) is 14.4. The lowest BCUT2D eigenvalue weighted by molar-refractivity contribution is 0.441. The monoisotopic (exact) mass is 406 g/mol. The highest BCUT2D eigenvalue weighted by Gasteiger charge is 2.21. The first-order valence-corrected chi connectivity index (χ1v) is 8.12. The van der Waals surface area contributed by atoms with Gasteiger partial charge in [0.1, 0.15) is 0 Å². The summed E-state index contributed by atoms with van der Waals surface area (Å²) >= 11 is 2.24. The molecule has 0 unspecified atom stereocenters. The second-order valence-corrected chi connectivity index (χ2v) is 6.58. The van der Waals surface area contributed by atoms with E-state index < -0.39 is 0 Å². The highest BCUT2D eigenvalue weighted by atomic mass is 127. The summed E-state index contributed by atoms with van der Waals surface area (Å²) in [6, 6.07) is 4.33. The number of nitrogens with zero attached hydrogens (tertiary/aromatic N) is 2. The van der Waals surface area contributed by atoms with Gasteiger partial charge in [0.2, 0.25) is 0 Å². The molecule has 0 aromatic heterocycles. The molecule has 1 saturated carbocycles. The van der Waals surface area contributed by atoms with Crippen LogP contribution < -0.4 is 4.90 Å². The van der Waals surface area contributed by atoms with Gasteiger partial charge in [0.05, 0.1) is 22.1 Å². The smallest absolute Gasteiger partial charge is 0.152 e. The SMILES string of the molecule is Cl.Oc1c(I)cc(C2CCCCC2)cc1N1C=NCC1. The minimum absolute atomic E-state index is 0. The molecule has 0 atom stereocenters. The van der Waals surface area contributed by atoms with Crippen LogP contribution in [0, 0.1) is 3.57 Å². The molecule has 2 aliphatic rings. The summed E-state index contributed by atoms with van der Waals surface area (Å²) in [6.45, 7) is 1.70. The van der Waals surface area contributed by atoms with E-state index in [1.807, 2.05) is 6.34 Å². The number of phenols is 1. The average molecular weight is 407 g/mol. The predicted octanol–water partition coefficient (Wildman–Crippen LogP) is 4.31. The summed E-state index contributed by atoms with van der Waals surface area (Å²) < 4.78 is 0.955. The Morgan fingerprint density at radius 1 is 1.20 bits per heavy atom. The lowest BCUT2D eigenvalue weighted by Gasteiger charge is -2.25. The third-order valence-electron chi connectivity index (χ3n) is 4.14. The zero-order chi connectivity index (χ0) is 13.2. The summed E-state index contributed by atoms with van der Waals surface area (Å²) in [4.78, 5) is 6.30. The van der Waals surface area contributed by atoms with Crippen LogP contribution in [-0.4, -0.2) is 24.5 Å². The standard InChI is InChI=1S/C15H19IN2O.ClH/c16-13-8-12(11-4-2-1-3-5-11)9-14(15(13)19)18-7-6-17-10-18;/h8-11,19H,1-7H2;1H. The number of benzene rings is 1. The van der Waals surface area contributed by atoms with E-state index in [2.05, 4.69) is 44.6 Å². The Morgan fingerprint density at radius 2 is 1.95 bits per heavy atom. The number of aliphatic imine (C=N–C) groups is 1. The van der Waals surface area contributed by atoms with Gasteiger partial charge in [-0.15, -0.1) is 12.4 Å². The summed E-state index contributed by atoms with van der Waals surface area (Å²) in [5.74, 6) is 1.06. The zero-order valence-electron chi connectivity index (χ0n) is 11.4. The van der Waals surface area contributed by atoms with Gasteiger partial charge in [-0.05, 0) is 59.0 Å². The molecular formula is C15H20ClIN2O. The summed E-state index contributed by atoms with van der Waals surface area (Å²) in [5.41, 5.74) is 2.31. The average Bonchev–Trinajstić information content (AvgIpc) is 2.96. The van der Waals surface area contributed by atoms with Crippen molar-refractivity contribution in [3.8, 4) is 5.75 Å². The van der Waals surface area contributed by atoms with Crippen molar-refractivity contribution in [2.24, 2.45) is 4.99 Å². The van der Waals surface area contributed by atoms with Crippen molar-refractivity contribution in [1.29, 1.82) is 0 Å². The van der Waals surface area contributed by atoms with Gasteiger partial charge in [0, 0.05) is 6.54 Å². The van der Waals surface area contributed by atoms with Crippen LogP contribution in [0.25, 0.3) is 0 Å². The number of anilines is 1. The molecule has 0 saturated heterocycles. The Hall–Kier alpha value is -0.490. The van der Waals surface area contributed by atoms with Crippen molar-refractivity contribution < 1.29 is 5.11 Å². The Labute approximate surface area is 140 Å². The van der Waals surface area contributed by atoms with Gasteiger partial charge in [-0.25, -0.2) is 0 Å². The van der Waals surface area contributed by atoms with Gasteiger partial charge in [-0.3, -0.25) is 4.99 Å². The van der Waals surface area contributed by atoms with Crippen LogP contribution >= 0.6 is 35.0 Å². The summed E-state index contributed by atoms with van der Waals surface area (Å²) in [5, 5.41) is 10.3. The maximum Gasteiger partial charge on any atom is 0.152 e. The third kappa shape index (κ3) is 3.22. The molecule has 0 bridgehead atoms. The molecular weight excluding hydrogens is 387 g/mol. The molecule has 0 amide bonds. The van der Waals surface area contributed by atoms with Crippen LogP contribution in [-0.2, 0) is 0 Å². The summed E-state index contributed by atoms with van der Waals surface area (Å²) in [6.07, 6.45) is 8.46. The molecule has 1 aliphatic carbocycles. The molecule has 1 aliphatic heterocycles. The maximum atomic E-state index is 10.3. The van der Waals surface area contributed by atoms with Crippen molar-refractivity contribution in [3.05, 3.63) is 21.3 Å². The van der Waals surface area contributed by atoms with E-state index in [1.165, 1.54) is 37.7 Å². The second-order valence-electron chi connectivity index (χ2n) is 5.42. The fourth-order valence-electron chi connectivity index (χ4n) is 3.06. The molecule has 0 radical (unpaired) electrons. The minimum Gasteiger partial charge on any atom is -0.505 e. The molecule has 110 valence electrons. The van der Waals surface area contributed by atoms with Crippen LogP contribution in [0.15, 0.2) is 17.1 Å². The van der Waals surface area contributed by atoms with E-state index in [-0.39, 0.29) is 12.4 Å². The first-order valence-electron chi connectivity index (χ1n) is 7.04. The second kappa shape index (κ2) is 6.98. The number of halogens is 2. The van der Waals surface area contributed by atoms with E-state index in [4.69, 9.17) is 0 Å². The highest BCUT2D eigenvalue weighted by molar-refractivity contribution is 14.1. The van der Waals surface area contributed by atoms with Crippen LogP contribution in [0.2, 0.25) is 0 Å². The van der Waals surface area contributed by atoms with Crippen molar-refractivity contribution in [2.75, 3.05) is 18.0 Å². The number of hydrogen-bond donors (Lipinski definition) is 1. The van der Waals surface area contributed by atoms with E-state index in [0.717, 1.165) is 22.3 Å². The fraction of sp³-hybridized carbons (Fsp3) is 0.533. The number of rotatable bonds is 2. The first kappa shape index (κ1) is 15.9. The Balaban J connectivity index is 0.00000147. The molecule has 1 fully saturated rings. The van der Waals surface area contributed by atoms with Gasteiger partial charge in [0.15, 0.2) is 5.75 Å². The van der Waals surface area contributed by atoms with Gasteiger partial charge in [0.25, 0.3) is 0 Å². The normalized spacial score (nSPS) is 19.1. The largest absolute Gasteiger partial charge is 0.505 e. The molecule has 20 heavy (non-hydrogen) atoms. The number of phenolic OH excluding ortho intramolecular Hbond substituents is 1. The van der Waals surface area contributed by atoms with Crippen LogP contribution in [0.5, 0.6) is 5.75 Å². The fourth-order valence-corrected chi connectivity index (χ4v) is 3.69. The lowest BCUT2D eigenvalue weighted by atomic mass is 9.84. The molecule has 1 N–H and O–H groups in total. The van der Waals surface area contributed by atoms with Gasteiger partial charge in [-0.2, -0.15) is 0 Å². The van der Waals surface area contributed by atoms with Crippen LogP contribution in [0.4, 0.5) is 5.69 Å². The Morgan fingerprint density at radius 3 is 2.60 bits per heavy atom. The number of hydrogen-bond acceptors (Lipinski definition) is 3. The van der Waals surface area contributed by atoms with Crippen LogP contribution in [0.1, 0.15) is 43.6 Å². The quantitative estimate of drug-likeness (QED) is 0.743. The Bertz CT molecular complexity index is 501. The summed E-state index contributed by atoms with van der Waals surface area (Å²) in [7, 11) is 0. The van der Waals surface area contributed by atoms with E-state index in [0.29, 0.717) is 11.7 Å². The molecule has 3 nitrogen and oxygen atoms in total. The van der Waals surface area contributed by atoms with Crippen molar-refractivity contribution in [2.45, 2.75) is 38.0 Å². The van der Waals surface area contributed by atoms with Crippen LogP contribution in [0.3, 0.4) is 0 Å². The molecule has 5 heteroatoms. The molecule has 3 rings (SSSR count). The van der Waals surface area contributed by atoms with E-state index in [1.54, 1.807) is 0 Å². The minimum atomic E-state index is 0. The predicted molar refractivity (Wildman–Crippen MR) is 94.6 cm³/mol. The highest BCUT2D eigenvalue weighted by Crippen LogP contribution is 2.39. The van der Waals surface area contributed by atoms with Crippen molar-refractivity contribution >= 4 is 47.0 Å².